The molecule has 2 rings (SSSR count). The lowest BCUT2D eigenvalue weighted by Gasteiger charge is -2.12. The van der Waals surface area contributed by atoms with E-state index in [4.69, 9.17) is 12.2 Å². The van der Waals surface area contributed by atoms with Gasteiger partial charge in [-0.05, 0) is 23.6 Å². The van der Waals surface area contributed by atoms with Gasteiger partial charge in [-0.1, -0.05) is 54.1 Å². The van der Waals surface area contributed by atoms with Crippen molar-refractivity contribution in [2.75, 3.05) is 0 Å². The van der Waals surface area contributed by atoms with Crippen LogP contribution in [-0.2, 0) is 0 Å². The van der Waals surface area contributed by atoms with E-state index < -0.39 is 0 Å². The number of aromatic nitrogens is 2. The summed E-state index contributed by atoms with van der Waals surface area (Å²) >= 11 is 8.74. The summed E-state index contributed by atoms with van der Waals surface area (Å²) in [6.07, 6.45) is 1.66. The summed E-state index contributed by atoms with van der Waals surface area (Å²) in [5.41, 5.74) is 3.29. The number of nitrogens with one attached hydrogen (secondary N) is 1. The maximum absolute atomic E-state index is 5.30. The van der Waals surface area contributed by atoms with Crippen LogP contribution in [0.15, 0.2) is 35.1 Å². The topological polar surface area (TPSA) is 28.7 Å². The number of H-pyrrole nitrogens is 1. The minimum absolute atomic E-state index is 0.353. The average Bonchev–Trinajstić information content (AvgIpc) is 2.29. The molecule has 0 saturated carbocycles. The van der Waals surface area contributed by atoms with Gasteiger partial charge in [0.25, 0.3) is 0 Å². The zero-order valence-electron chi connectivity index (χ0n) is 9.70. The van der Waals surface area contributed by atoms with Gasteiger partial charge in [-0.3, -0.25) is 0 Å². The Morgan fingerprint density at radius 1 is 1.24 bits per heavy atom. The SMILES string of the molecule is CC(C)c1c(-c2ccc(Br)cc2)[nH]cnc1=S. The van der Waals surface area contributed by atoms with Crippen molar-refractivity contribution in [1.29, 1.82) is 0 Å². The van der Waals surface area contributed by atoms with E-state index in [-0.39, 0.29) is 0 Å². The molecule has 88 valence electrons. The molecule has 4 heteroatoms. The fraction of sp³-hybridized carbons (Fsp3) is 0.231. The second-order valence-electron chi connectivity index (χ2n) is 4.16. The first-order chi connectivity index (χ1) is 8.09. The smallest absolute Gasteiger partial charge is 0.133 e. The van der Waals surface area contributed by atoms with Gasteiger partial charge in [-0.2, -0.15) is 0 Å². The molecule has 0 bridgehead atoms. The maximum Gasteiger partial charge on any atom is 0.133 e. The molecular formula is C13H13BrN2S. The van der Waals surface area contributed by atoms with Crippen molar-refractivity contribution in [2.24, 2.45) is 0 Å². The molecule has 1 N–H and O–H groups in total. The summed E-state index contributed by atoms with van der Waals surface area (Å²) in [4.78, 5) is 7.36. The second kappa shape index (κ2) is 5.10. The molecule has 0 fully saturated rings. The van der Waals surface area contributed by atoms with E-state index in [1.807, 2.05) is 12.1 Å². The van der Waals surface area contributed by atoms with Gasteiger partial charge in [0.2, 0.25) is 0 Å². The molecule has 0 unspecified atom stereocenters. The molecule has 0 saturated heterocycles. The van der Waals surface area contributed by atoms with E-state index in [1.165, 1.54) is 0 Å². The Bertz CT molecular complexity index is 573. The van der Waals surface area contributed by atoms with Gasteiger partial charge in [0, 0.05) is 10.0 Å². The average molecular weight is 309 g/mol. The quantitative estimate of drug-likeness (QED) is 0.815. The van der Waals surface area contributed by atoms with E-state index in [9.17, 15) is 0 Å². The summed E-state index contributed by atoms with van der Waals surface area (Å²) in [6, 6.07) is 8.18. The van der Waals surface area contributed by atoms with Gasteiger partial charge in [0.1, 0.15) is 4.64 Å². The van der Waals surface area contributed by atoms with Crippen molar-refractivity contribution in [3.8, 4) is 11.3 Å². The van der Waals surface area contributed by atoms with E-state index >= 15 is 0 Å². The van der Waals surface area contributed by atoms with E-state index in [0.29, 0.717) is 10.6 Å². The highest BCUT2D eigenvalue weighted by Crippen LogP contribution is 2.28. The first-order valence-electron chi connectivity index (χ1n) is 5.43. The molecule has 1 aromatic heterocycles. The van der Waals surface area contributed by atoms with Crippen molar-refractivity contribution in [2.45, 2.75) is 19.8 Å². The molecule has 0 radical (unpaired) electrons. The Labute approximate surface area is 114 Å². The number of hydrogen-bond donors (Lipinski definition) is 1. The lowest BCUT2D eigenvalue weighted by Crippen LogP contribution is -1.98. The van der Waals surface area contributed by atoms with Crippen molar-refractivity contribution < 1.29 is 0 Å². The van der Waals surface area contributed by atoms with Crippen LogP contribution in [0.25, 0.3) is 11.3 Å². The van der Waals surface area contributed by atoms with Gasteiger partial charge in [-0.15, -0.1) is 0 Å². The van der Waals surface area contributed by atoms with Crippen molar-refractivity contribution in [3.63, 3.8) is 0 Å². The maximum atomic E-state index is 5.30. The van der Waals surface area contributed by atoms with Crippen molar-refractivity contribution in [1.82, 2.24) is 9.97 Å². The Kier molecular flexibility index (Phi) is 3.74. The fourth-order valence-electron chi connectivity index (χ4n) is 1.80. The first-order valence-corrected chi connectivity index (χ1v) is 6.63. The standard InChI is InChI=1S/C13H13BrN2S/c1-8(2)11-12(15-7-16-13(11)17)9-3-5-10(14)6-4-9/h3-8H,1-2H3,(H,15,16,17). The largest absolute Gasteiger partial charge is 0.346 e. The highest BCUT2D eigenvalue weighted by molar-refractivity contribution is 9.10. The number of rotatable bonds is 2. The number of aromatic amines is 1. The van der Waals surface area contributed by atoms with Crippen LogP contribution < -0.4 is 0 Å². The molecule has 0 spiro atoms. The van der Waals surface area contributed by atoms with Gasteiger partial charge in [0.15, 0.2) is 0 Å². The molecule has 1 heterocycles. The Morgan fingerprint density at radius 2 is 1.88 bits per heavy atom. The third-order valence-electron chi connectivity index (χ3n) is 2.60. The first kappa shape index (κ1) is 12.5. The molecule has 1 aromatic carbocycles. The number of benzene rings is 1. The van der Waals surface area contributed by atoms with Crippen molar-refractivity contribution in [3.05, 3.63) is 45.3 Å². The highest BCUT2D eigenvalue weighted by Gasteiger charge is 2.11. The number of halogens is 1. The lowest BCUT2D eigenvalue weighted by atomic mass is 9.99. The molecule has 2 nitrogen and oxygen atoms in total. The van der Waals surface area contributed by atoms with Gasteiger partial charge >= 0.3 is 0 Å². The van der Waals surface area contributed by atoms with Crippen LogP contribution in [0.3, 0.4) is 0 Å². The normalized spacial score (nSPS) is 10.8. The molecular weight excluding hydrogens is 296 g/mol. The lowest BCUT2D eigenvalue weighted by molar-refractivity contribution is 0.844. The minimum Gasteiger partial charge on any atom is -0.346 e. The van der Waals surface area contributed by atoms with E-state index in [2.05, 4.69) is 51.9 Å². The zero-order valence-corrected chi connectivity index (χ0v) is 12.1. The zero-order chi connectivity index (χ0) is 12.4. The third kappa shape index (κ3) is 2.64. The van der Waals surface area contributed by atoms with Crippen LogP contribution >= 0.6 is 28.1 Å². The molecule has 2 aromatic rings. The van der Waals surface area contributed by atoms with Crippen LogP contribution in [0.4, 0.5) is 0 Å². The van der Waals surface area contributed by atoms with Crippen LogP contribution in [0, 0.1) is 4.64 Å². The van der Waals surface area contributed by atoms with Crippen LogP contribution in [-0.4, -0.2) is 9.97 Å². The summed E-state index contributed by atoms with van der Waals surface area (Å²) in [5, 5.41) is 0. The summed E-state index contributed by atoms with van der Waals surface area (Å²) in [5.74, 6) is 0.353. The van der Waals surface area contributed by atoms with Crippen LogP contribution in [0.5, 0.6) is 0 Å². The third-order valence-corrected chi connectivity index (χ3v) is 3.45. The summed E-state index contributed by atoms with van der Waals surface area (Å²) < 4.78 is 1.75. The van der Waals surface area contributed by atoms with Gasteiger partial charge in [-0.25, -0.2) is 4.98 Å². The monoisotopic (exact) mass is 308 g/mol. The molecule has 0 aliphatic rings. The fourth-order valence-corrected chi connectivity index (χ4v) is 2.46. The summed E-state index contributed by atoms with van der Waals surface area (Å²) in [7, 11) is 0. The highest BCUT2D eigenvalue weighted by atomic mass is 79.9. The van der Waals surface area contributed by atoms with Gasteiger partial charge < -0.3 is 4.98 Å². The molecule has 17 heavy (non-hydrogen) atoms. The van der Waals surface area contributed by atoms with Crippen LogP contribution in [0.1, 0.15) is 25.3 Å². The molecule has 0 atom stereocenters. The van der Waals surface area contributed by atoms with E-state index in [1.54, 1.807) is 6.33 Å². The second-order valence-corrected chi connectivity index (χ2v) is 5.46. The predicted molar refractivity (Wildman–Crippen MR) is 76.6 cm³/mol. The van der Waals surface area contributed by atoms with Crippen molar-refractivity contribution >= 4 is 28.1 Å². The summed E-state index contributed by atoms with van der Waals surface area (Å²) in [6.45, 7) is 4.26. The Balaban J connectivity index is 2.63. The number of nitrogens with zero attached hydrogens (tertiary/aromatic N) is 1. The molecule has 0 aliphatic carbocycles. The predicted octanol–water partition coefficient (Wildman–Crippen LogP) is 4.69. The van der Waals surface area contributed by atoms with Gasteiger partial charge in [0.05, 0.1) is 12.0 Å². The Hall–Kier alpha value is -1.00. The molecule has 0 amide bonds. The molecule has 0 aliphatic heterocycles. The minimum atomic E-state index is 0.353. The van der Waals surface area contributed by atoms with E-state index in [0.717, 1.165) is 21.3 Å². The Morgan fingerprint density at radius 3 is 2.47 bits per heavy atom. The number of hydrogen-bond acceptors (Lipinski definition) is 2. The van der Waals surface area contributed by atoms with Crippen LogP contribution in [0.2, 0.25) is 0 Å².